The first kappa shape index (κ1) is 12.3. The Labute approximate surface area is 110 Å². The smallest absolute Gasteiger partial charge is 0.308 e. The van der Waals surface area contributed by atoms with Gasteiger partial charge in [-0.1, -0.05) is 11.6 Å². The van der Waals surface area contributed by atoms with Crippen LogP contribution in [0.2, 0.25) is 5.15 Å². The molecule has 1 aliphatic heterocycles. The number of nitrogens with zero attached hydrogens (tertiary/aromatic N) is 3. The van der Waals surface area contributed by atoms with Gasteiger partial charge in [-0.05, 0) is 15.9 Å². The van der Waals surface area contributed by atoms with E-state index in [1.54, 1.807) is 0 Å². The summed E-state index contributed by atoms with van der Waals surface area (Å²) in [6, 6.07) is 0. The number of anilines is 1. The van der Waals surface area contributed by atoms with Crippen molar-refractivity contribution in [3.63, 3.8) is 0 Å². The summed E-state index contributed by atoms with van der Waals surface area (Å²) in [5.74, 6) is -1.75. The van der Waals surface area contributed by atoms with Crippen LogP contribution in [0.3, 0.4) is 0 Å². The molecule has 1 aromatic heterocycles. The molecule has 0 saturated carbocycles. The van der Waals surface area contributed by atoms with Gasteiger partial charge in [0.05, 0.1) is 12.1 Å². The number of carbonyl (C=O) groups is 2. The summed E-state index contributed by atoms with van der Waals surface area (Å²) in [4.78, 5) is 31.7. The third-order valence-electron chi connectivity index (χ3n) is 2.41. The van der Waals surface area contributed by atoms with Crippen LogP contribution in [0.1, 0.15) is 6.42 Å². The van der Waals surface area contributed by atoms with Gasteiger partial charge in [0.2, 0.25) is 5.91 Å². The number of halogens is 2. The Kier molecular flexibility index (Phi) is 3.30. The Balaban J connectivity index is 2.32. The fourth-order valence-corrected chi connectivity index (χ4v) is 2.13. The summed E-state index contributed by atoms with van der Waals surface area (Å²) in [6.07, 6.45) is 1.31. The Bertz CT molecular complexity index is 496. The van der Waals surface area contributed by atoms with Crippen LogP contribution >= 0.6 is 27.5 Å². The predicted molar refractivity (Wildman–Crippen MR) is 62.8 cm³/mol. The molecule has 6 nitrogen and oxygen atoms in total. The third-order valence-corrected chi connectivity index (χ3v) is 3.15. The van der Waals surface area contributed by atoms with Crippen LogP contribution in [0, 0.1) is 5.92 Å². The van der Waals surface area contributed by atoms with Crippen molar-refractivity contribution in [1.82, 2.24) is 9.97 Å². The first-order valence-corrected chi connectivity index (χ1v) is 5.87. The van der Waals surface area contributed by atoms with E-state index < -0.39 is 11.9 Å². The molecule has 2 rings (SSSR count). The highest BCUT2D eigenvalue weighted by Gasteiger charge is 2.36. The Morgan fingerprint density at radius 3 is 2.94 bits per heavy atom. The van der Waals surface area contributed by atoms with Gasteiger partial charge in [-0.2, -0.15) is 0 Å². The van der Waals surface area contributed by atoms with Gasteiger partial charge in [0.25, 0.3) is 0 Å². The maximum atomic E-state index is 11.7. The van der Waals surface area contributed by atoms with Crippen LogP contribution in [-0.2, 0) is 9.59 Å². The van der Waals surface area contributed by atoms with Gasteiger partial charge >= 0.3 is 5.97 Å². The Morgan fingerprint density at radius 1 is 1.65 bits per heavy atom. The number of carbonyl (C=O) groups excluding carboxylic acids is 1. The molecule has 0 aliphatic carbocycles. The van der Waals surface area contributed by atoms with Gasteiger partial charge in [0.15, 0.2) is 5.82 Å². The minimum absolute atomic E-state index is 0.0318. The van der Waals surface area contributed by atoms with Crippen LogP contribution < -0.4 is 4.90 Å². The van der Waals surface area contributed by atoms with E-state index in [1.165, 1.54) is 11.1 Å². The van der Waals surface area contributed by atoms with Crippen LogP contribution in [0.25, 0.3) is 0 Å². The topological polar surface area (TPSA) is 83.4 Å². The monoisotopic (exact) mass is 319 g/mol. The molecule has 90 valence electrons. The number of aromatic nitrogens is 2. The molecule has 1 fully saturated rings. The van der Waals surface area contributed by atoms with E-state index in [4.69, 9.17) is 16.7 Å². The molecule has 0 aromatic carbocycles. The molecule has 0 bridgehead atoms. The first-order valence-electron chi connectivity index (χ1n) is 4.70. The van der Waals surface area contributed by atoms with Gasteiger partial charge in [0, 0.05) is 13.0 Å². The summed E-state index contributed by atoms with van der Waals surface area (Å²) >= 11 is 8.84. The molecule has 1 amide bonds. The van der Waals surface area contributed by atoms with Crippen LogP contribution in [-0.4, -0.2) is 33.5 Å². The standard InChI is InChI=1S/C9H7BrClN3O3/c10-7-8(13-5(11)2-12-7)14-3-4(9(16)17)1-6(14)15/h2,4H,1,3H2,(H,16,17). The SMILES string of the molecule is O=C(O)C1CC(=O)N(c2nc(Cl)cnc2Br)C1. The van der Waals surface area contributed by atoms with Gasteiger partial charge in [0.1, 0.15) is 9.76 Å². The van der Waals surface area contributed by atoms with Crippen LogP contribution in [0.5, 0.6) is 0 Å². The Morgan fingerprint density at radius 2 is 2.35 bits per heavy atom. The van der Waals surface area contributed by atoms with Crippen molar-refractivity contribution in [2.24, 2.45) is 5.92 Å². The van der Waals surface area contributed by atoms with E-state index >= 15 is 0 Å². The highest BCUT2D eigenvalue weighted by Crippen LogP contribution is 2.29. The second kappa shape index (κ2) is 4.58. The summed E-state index contributed by atoms with van der Waals surface area (Å²) in [6.45, 7) is 0.0851. The fourth-order valence-electron chi connectivity index (χ4n) is 1.59. The minimum atomic E-state index is -0.994. The van der Waals surface area contributed by atoms with Gasteiger partial charge in [-0.25, -0.2) is 9.97 Å². The number of carboxylic acids is 1. The summed E-state index contributed by atoms with van der Waals surface area (Å²) in [5.41, 5.74) is 0. The zero-order chi connectivity index (χ0) is 12.6. The second-order valence-corrected chi connectivity index (χ2v) is 4.69. The number of carboxylic acid groups (broad SMARTS) is 1. The zero-order valence-corrected chi connectivity index (χ0v) is 10.8. The predicted octanol–water partition coefficient (Wildman–Crippen LogP) is 1.33. The molecular formula is C9H7BrClN3O3. The number of hydrogen-bond acceptors (Lipinski definition) is 4. The van der Waals surface area contributed by atoms with Crippen molar-refractivity contribution in [3.05, 3.63) is 16.0 Å². The van der Waals surface area contributed by atoms with Crippen molar-refractivity contribution in [3.8, 4) is 0 Å². The van der Waals surface area contributed by atoms with Crippen molar-refractivity contribution >= 4 is 45.2 Å². The molecule has 1 atom stereocenters. The molecule has 1 aromatic rings. The molecule has 2 heterocycles. The molecule has 0 spiro atoms. The molecule has 8 heteroatoms. The third kappa shape index (κ3) is 2.39. The minimum Gasteiger partial charge on any atom is -0.481 e. The quantitative estimate of drug-likeness (QED) is 0.889. The lowest BCUT2D eigenvalue weighted by Crippen LogP contribution is -2.27. The highest BCUT2D eigenvalue weighted by molar-refractivity contribution is 9.10. The Hall–Kier alpha value is -1.21. The average molecular weight is 321 g/mol. The fraction of sp³-hybridized carbons (Fsp3) is 0.333. The number of rotatable bonds is 2. The molecule has 1 aliphatic rings. The number of hydrogen-bond donors (Lipinski definition) is 1. The highest BCUT2D eigenvalue weighted by atomic mass is 79.9. The summed E-state index contributed by atoms with van der Waals surface area (Å²) in [7, 11) is 0. The van der Waals surface area contributed by atoms with Crippen molar-refractivity contribution in [1.29, 1.82) is 0 Å². The van der Waals surface area contributed by atoms with Crippen LogP contribution in [0.4, 0.5) is 5.82 Å². The molecule has 1 unspecified atom stereocenters. The molecule has 0 radical (unpaired) electrons. The molecular weight excluding hydrogens is 313 g/mol. The van der Waals surface area contributed by atoms with E-state index in [1.807, 2.05) is 0 Å². The van der Waals surface area contributed by atoms with Gasteiger partial charge in [-0.3, -0.25) is 14.5 Å². The van der Waals surface area contributed by atoms with Gasteiger partial charge in [-0.15, -0.1) is 0 Å². The van der Waals surface area contributed by atoms with E-state index in [-0.39, 0.29) is 29.8 Å². The largest absolute Gasteiger partial charge is 0.481 e. The second-order valence-electron chi connectivity index (χ2n) is 3.55. The lowest BCUT2D eigenvalue weighted by atomic mass is 10.1. The maximum absolute atomic E-state index is 11.7. The number of aliphatic carboxylic acids is 1. The van der Waals surface area contributed by atoms with Crippen molar-refractivity contribution in [2.45, 2.75) is 6.42 Å². The zero-order valence-electron chi connectivity index (χ0n) is 8.43. The first-order chi connectivity index (χ1) is 7.99. The van der Waals surface area contributed by atoms with Crippen molar-refractivity contribution < 1.29 is 14.7 Å². The summed E-state index contributed by atoms with van der Waals surface area (Å²) < 4.78 is 0.362. The van der Waals surface area contributed by atoms with Gasteiger partial charge < -0.3 is 5.11 Å². The lowest BCUT2D eigenvalue weighted by Gasteiger charge is -2.15. The van der Waals surface area contributed by atoms with E-state index in [0.29, 0.717) is 4.60 Å². The summed E-state index contributed by atoms with van der Waals surface area (Å²) in [5, 5.41) is 9.01. The normalized spacial score (nSPS) is 19.8. The molecule has 1 N–H and O–H groups in total. The number of amides is 1. The molecule has 17 heavy (non-hydrogen) atoms. The van der Waals surface area contributed by atoms with E-state index in [9.17, 15) is 9.59 Å². The maximum Gasteiger partial charge on any atom is 0.308 e. The lowest BCUT2D eigenvalue weighted by molar-refractivity contribution is -0.141. The average Bonchev–Trinajstić information content (AvgIpc) is 2.64. The van der Waals surface area contributed by atoms with E-state index in [2.05, 4.69) is 25.9 Å². The van der Waals surface area contributed by atoms with E-state index in [0.717, 1.165) is 0 Å². The molecule has 1 saturated heterocycles. The van der Waals surface area contributed by atoms with Crippen LogP contribution in [0.15, 0.2) is 10.8 Å². The van der Waals surface area contributed by atoms with Crippen molar-refractivity contribution in [2.75, 3.05) is 11.4 Å².